The summed E-state index contributed by atoms with van der Waals surface area (Å²) in [6.45, 7) is 7.18. The highest BCUT2D eigenvalue weighted by Crippen LogP contribution is 2.32. The molecule has 0 aliphatic heterocycles. The molecular weight excluding hydrogens is 455 g/mol. The summed E-state index contributed by atoms with van der Waals surface area (Å²) in [7, 11) is -2.85. The number of aryl methyl sites for hydroxylation is 2. The van der Waals surface area contributed by atoms with Gasteiger partial charge in [0.05, 0.1) is 12.8 Å². The molecule has 1 amide bonds. The molecule has 0 unspecified atom stereocenters. The monoisotopic (exact) mass is 484 g/mol. The largest absolute Gasteiger partial charge is 0.495 e. The van der Waals surface area contributed by atoms with Gasteiger partial charge in [0, 0.05) is 5.69 Å². The number of carbonyl (C=O) groups excluding carboxylic acids is 1. The van der Waals surface area contributed by atoms with E-state index in [1.807, 2.05) is 39.0 Å². The van der Waals surface area contributed by atoms with Gasteiger partial charge >= 0.3 is 0 Å². The second kappa shape index (κ2) is 10.3. The van der Waals surface area contributed by atoms with E-state index in [2.05, 4.69) is 5.32 Å². The first-order chi connectivity index (χ1) is 16.0. The summed E-state index contributed by atoms with van der Waals surface area (Å²) in [5.41, 5.74) is 3.35. The van der Waals surface area contributed by atoms with Crippen LogP contribution in [0.2, 0.25) is 0 Å². The number of carbonyl (C=O) groups is 1. The summed E-state index contributed by atoms with van der Waals surface area (Å²) in [6, 6.07) is 15.5. The summed E-state index contributed by atoms with van der Waals surface area (Å²) in [4.78, 5) is 13.1. The number of amides is 1. The van der Waals surface area contributed by atoms with Gasteiger partial charge in [-0.2, -0.15) is 0 Å². The smallest absolute Gasteiger partial charge is 0.268 e. The first kappa shape index (κ1) is 25.2. The third kappa shape index (κ3) is 5.39. The number of para-hydroxylation sites is 1. The van der Waals surface area contributed by atoms with E-state index >= 15 is 0 Å². The minimum Gasteiger partial charge on any atom is -0.495 e. The molecule has 0 saturated heterocycles. The van der Waals surface area contributed by atoms with Crippen LogP contribution in [0.1, 0.15) is 36.5 Å². The number of ether oxygens (including phenoxy) is 1. The van der Waals surface area contributed by atoms with Crippen molar-refractivity contribution in [2.45, 2.75) is 38.5 Å². The quantitative estimate of drug-likeness (QED) is 0.464. The molecule has 1 N–H and O–H groups in total. The maximum atomic E-state index is 13.8. The number of benzene rings is 3. The Labute approximate surface area is 200 Å². The van der Waals surface area contributed by atoms with E-state index in [9.17, 15) is 17.6 Å². The lowest BCUT2D eigenvalue weighted by Gasteiger charge is -2.26. The topological polar surface area (TPSA) is 75.7 Å². The number of methoxy groups -OCH3 is 1. The Balaban J connectivity index is 2.05. The minimum atomic E-state index is -4.23. The van der Waals surface area contributed by atoms with E-state index in [1.54, 1.807) is 19.1 Å². The maximum Gasteiger partial charge on any atom is 0.268 e. The zero-order valence-corrected chi connectivity index (χ0v) is 20.7. The van der Waals surface area contributed by atoms with Crippen LogP contribution in [-0.2, 0) is 14.8 Å². The number of rotatable bonds is 8. The average Bonchev–Trinajstić information content (AvgIpc) is 2.79. The SMILES string of the molecule is COc1ccc(C)cc1S(=O)(=O)N(CC(=O)Nc1c(C)cccc1C(C)C)c1ccc(F)cc1. The van der Waals surface area contributed by atoms with E-state index in [1.165, 1.54) is 25.3 Å². The number of nitrogens with zero attached hydrogens (tertiary/aromatic N) is 1. The van der Waals surface area contributed by atoms with Crippen LogP contribution in [-0.4, -0.2) is 28.0 Å². The van der Waals surface area contributed by atoms with Crippen molar-refractivity contribution in [1.82, 2.24) is 0 Å². The van der Waals surface area contributed by atoms with Crippen molar-refractivity contribution < 1.29 is 22.3 Å². The molecule has 8 heteroatoms. The average molecular weight is 485 g/mol. The van der Waals surface area contributed by atoms with Crippen LogP contribution in [0.15, 0.2) is 65.6 Å². The fourth-order valence-electron chi connectivity index (χ4n) is 3.68. The van der Waals surface area contributed by atoms with Crippen LogP contribution < -0.4 is 14.4 Å². The van der Waals surface area contributed by atoms with Crippen LogP contribution >= 0.6 is 0 Å². The van der Waals surface area contributed by atoms with Gasteiger partial charge in [0.25, 0.3) is 10.0 Å². The Morgan fingerprint density at radius 3 is 2.35 bits per heavy atom. The van der Waals surface area contributed by atoms with Crippen molar-refractivity contribution in [2.75, 3.05) is 23.3 Å². The Hall–Kier alpha value is -3.39. The fraction of sp³-hybridized carbons (Fsp3) is 0.269. The lowest BCUT2D eigenvalue weighted by Crippen LogP contribution is -2.38. The molecule has 0 radical (unpaired) electrons. The van der Waals surface area contributed by atoms with Crippen LogP contribution in [0, 0.1) is 19.7 Å². The highest BCUT2D eigenvalue weighted by atomic mass is 32.2. The number of hydrogen-bond acceptors (Lipinski definition) is 4. The third-order valence-corrected chi connectivity index (χ3v) is 7.28. The van der Waals surface area contributed by atoms with Gasteiger partial charge in [-0.15, -0.1) is 0 Å². The summed E-state index contributed by atoms with van der Waals surface area (Å²) in [5.74, 6) is -0.723. The molecule has 180 valence electrons. The van der Waals surface area contributed by atoms with Crippen molar-refractivity contribution in [1.29, 1.82) is 0 Å². The molecule has 0 saturated carbocycles. The fourth-order valence-corrected chi connectivity index (χ4v) is 5.34. The molecule has 0 aliphatic rings. The number of sulfonamides is 1. The molecule has 34 heavy (non-hydrogen) atoms. The maximum absolute atomic E-state index is 13.8. The normalized spacial score (nSPS) is 11.4. The van der Waals surface area contributed by atoms with Gasteiger partial charge in [-0.25, -0.2) is 12.8 Å². The molecule has 0 fully saturated rings. The molecule has 3 aromatic carbocycles. The molecule has 0 aliphatic carbocycles. The molecule has 0 spiro atoms. The molecule has 0 heterocycles. The lowest BCUT2D eigenvalue weighted by molar-refractivity contribution is -0.114. The van der Waals surface area contributed by atoms with Gasteiger partial charge in [0.1, 0.15) is 23.0 Å². The van der Waals surface area contributed by atoms with Crippen LogP contribution in [0.3, 0.4) is 0 Å². The van der Waals surface area contributed by atoms with E-state index in [4.69, 9.17) is 4.74 Å². The van der Waals surface area contributed by atoms with E-state index < -0.39 is 28.3 Å². The first-order valence-electron chi connectivity index (χ1n) is 10.9. The highest BCUT2D eigenvalue weighted by Gasteiger charge is 2.30. The standard InChI is InChI=1S/C26H29FN2O4S/c1-17(2)22-8-6-7-19(4)26(22)28-25(30)16-29(21-12-10-20(27)11-13-21)34(31,32)24-15-18(3)9-14-23(24)33-5/h6-15,17H,16H2,1-5H3,(H,28,30). The summed E-state index contributed by atoms with van der Waals surface area (Å²) in [6.07, 6.45) is 0. The van der Waals surface area contributed by atoms with E-state index in [0.717, 1.165) is 27.6 Å². The van der Waals surface area contributed by atoms with Crippen LogP contribution in [0.25, 0.3) is 0 Å². The van der Waals surface area contributed by atoms with E-state index in [-0.39, 0.29) is 22.3 Å². The van der Waals surface area contributed by atoms with Gasteiger partial charge in [-0.3, -0.25) is 9.10 Å². The van der Waals surface area contributed by atoms with Crippen LogP contribution in [0.5, 0.6) is 5.75 Å². The Morgan fingerprint density at radius 1 is 1.06 bits per heavy atom. The van der Waals surface area contributed by atoms with Gasteiger partial charge in [0.15, 0.2) is 0 Å². The summed E-state index contributed by atoms with van der Waals surface area (Å²) in [5, 5.41) is 2.88. The van der Waals surface area contributed by atoms with Gasteiger partial charge in [-0.05, 0) is 72.9 Å². The zero-order valence-electron chi connectivity index (χ0n) is 19.9. The van der Waals surface area contributed by atoms with Gasteiger partial charge in [0.2, 0.25) is 5.91 Å². The Bertz CT molecular complexity index is 1290. The number of anilines is 2. The van der Waals surface area contributed by atoms with Crippen LogP contribution in [0.4, 0.5) is 15.8 Å². The Kier molecular flexibility index (Phi) is 7.61. The second-order valence-electron chi connectivity index (χ2n) is 8.38. The lowest BCUT2D eigenvalue weighted by atomic mass is 9.98. The van der Waals surface area contributed by atoms with Gasteiger partial charge < -0.3 is 10.1 Å². The molecule has 0 bridgehead atoms. The molecule has 6 nitrogen and oxygen atoms in total. The Morgan fingerprint density at radius 2 is 1.74 bits per heavy atom. The van der Waals surface area contributed by atoms with Crippen molar-refractivity contribution in [3.63, 3.8) is 0 Å². The first-order valence-corrected chi connectivity index (χ1v) is 12.3. The molecule has 3 rings (SSSR count). The molecule has 0 aromatic heterocycles. The molecule has 0 atom stereocenters. The van der Waals surface area contributed by atoms with Gasteiger partial charge in [-0.1, -0.05) is 38.1 Å². The van der Waals surface area contributed by atoms with Crippen molar-refractivity contribution in [2.24, 2.45) is 0 Å². The summed E-state index contributed by atoms with van der Waals surface area (Å²) >= 11 is 0. The minimum absolute atomic E-state index is 0.0779. The number of hydrogen-bond donors (Lipinski definition) is 1. The highest BCUT2D eigenvalue weighted by molar-refractivity contribution is 7.93. The van der Waals surface area contributed by atoms with Crippen molar-refractivity contribution in [3.8, 4) is 5.75 Å². The molecular formula is C26H29FN2O4S. The molecule has 3 aromatic rings. The van der Waals surface area contributed by atoms with Crippen molar-refractivity contribution >= 4 is 27.3 Å². The predicted octanol–water partition coefficient (Wildman–Crippen LogP) is 5.41. The number of halogens is 1. The zero-order chi connectivity index (χ0) is 25.0. The van der Waals surface area contributed by atoms with Crippen molar-refractivity contribution in [3.05, 3.63) is 83.2 Å². The summed E-state index contributed by atoms with van der Waals surface area (Å²) < 4.78 is 47.3. The third-order valence-electron chi connectivity index (χ3n) is 5.48. The van der Waals surface area contributed by atoms with E-state index in [0.29, 0.717) is 11.3 Å². The predicted molar refractivity (Wildman–Crippen MR) is 133 cm³/mol. The number of nitrogens with one attached hydrogen (secondary N) is 1. The second-order valence-corrected chi connectivity index (χ2v) is 10.2.